The molecule has 4 heterocycles. The van der Waals surface area contributed by atoms with Crippen molar-refractivity contribution in [1.29, 1.82) is 0 Å². The molecule has 1 N–H and O–H groups in total. The predicted molar refractivity (Wildman–Crippen MR) is 90.3 cm³/mol. The summed E-state index contributed by atoms with van der Waals surface area (Å²) in [5.41, 5.74) is -0.859. The number of aryl methyl sites for hydroxylation is 1. The Hall–Kier alpha value is -2.81. The van der Waals surface area contributed by atoms with Crippen molar-refractivity contribution < 1.29 is 5.11 Å². The Morgan fingerprint density at radius 2 is 2.16 bits per heavy atom. The number of hydrogen-bond acceptors (Lipinski definition) is 7. The number of β-amino-alcohol motifs (C(OH)–C–C–N with tert-alkyl or cyclic N) is 1. The number of rotatable bonds is 4. The molecule has 0 amide bonds. The molecular formula is C16H20N8O. The van der Waals surface area contributed by atoms with E-state index in [1.54, 1.807) is 29.6 Å². The first-order chi connectivity index (χ1) is 12.1. The molecule has 1 aliphatic rings. The van der Waals surface area contributed by atoms with E-state index in [9.17, 15) is 5.11 Å². The lowest BCUT2D eigenvalue weighted by Crippen LogP contribution is -2.50. The molecule has 130 valence electrons. The van der Waals surface area contributed by atoms with E-state index in [1.807, 2.05) is 23.9 Å². The van der Waals surface area contributed by atoms with Crippen LogP contribution < -0.4 is 4.90 Å². The molecule has 3 aromatic rings. The van der Waals surface area contributed by atoms with E-state index in [0.29, 0.717) is 18.8 Å². The number of aliphatic hydroxyl groups is 1. The molecule has 0 radical (unpaired) electrons. The van der Waals surface area contributed by atoms with Crippen molar-refractivity contribution in [2.24, 2.45) is 7.05 Å². The maximum Gasteiger partial charge on any atom is 0.173 e. The molecule has 0 spiro atoms. The zero-order valence-electron chi connectivity index (χ0n) is 14.0. The van der Waals surface area contributed by atoms with Gasteiger partial charge in [0.25, 0.3) is 0 Å². The number of piperidine rings is 1. The molecule has 4 rings (SSSR count). The lowest BCUT2D eigenvalue weighted by atomic mass is 9.89. The van der Waals surface area contributed by atoms with Crippen LogP contribution in [0.25, 0.3) is 5.82 Å². The second kappa shape index (κ2) is 6.25. The zero-order chi connectivity index (χ0) is 17.3. The first-order valence-corrected chi connectivity index (χ1v) is 8.25. The molecular weight excluding hydrogens is 320 g/mol. The Kier molecular flexibility index (Phi) is 3.92. The lowest BCUT2D eigenvalue weighted by Gasteiger charge is -2.39. The van der Waals surface area contributed by atoms with Gasteiger partial charge in [-0.25, -0.2) is 9.67 Å². The van der Waals surface area contributed by atoms with Crippen molar-refractivity contribution >= 4 is 5.82 Å². The Morgan fingerprint density at radius 1 is 1.28 bits per heavy atom. The fraction of sp³-hybridized carbons (Fsp3) is 0.438. The molecule has 9 heteroatoms. The minimum absolute atomic E-state index is 0.465. The van der Waals surface area contributed by atoms with E-state index in [-0.39, 0.29) is 0 Å². The number of hydrogen-bond donors (Lipinski definition) is 1. The van der Waals surface area contributed by atoms with Gasteiger partial charge in [0, 0.05) is 39.0 Å². The van der Waals surface area contributed by atoms with Gasteiger partial charge in [0.1, 0.15) is 18.0 Å². The maximum atomic E-state index is 11.1. The van der Waals surface area contributed by atoms with Gasteiger partial charge >= 0.3 is 0 Å². The van der Waals surface area contributed by atoms with Crippen LogP contribution in [-0.2, 0) is 13.5 Å². The van der Waals surface area contributed by atoms with E-state index < -0.39 is 5.60 Å². The van der Waals surface area contributed by atoms with Crippen LogP contribution in [0.4, 0.5) is 5.82 Å². The van der Waals surface area contributed by atoms with E-state index in [2.05, 4.69) is 30.2 Å². The molecule has 25 heavy (non-hydrogen) atoms. The summed E-state index contributed by atoms with van der Waals surface area (Å²) in [6.45, 7) is 1.31. The third-order valence-corrected chi connectivity index (χ3v) is 4.52. The SMILES string of the molecule is Cn1cnnc1CC1(O)CCCN(c2cncc(-n3cccn3)n2)C1. The Labute approximate surface area is 145 Å². The smallest absolute Gasteiger partial charge is 0.173 e. The van der Waals surface area contributed by atoms with Gasteiger partial charge in [-0.05, 0) is 18.9 Å². The summed E-state index contributed by atoms with van der Waals surface area (Å²) in [6.07, 6.45) is 10.6. The van der Waals surface area contributed by atoms with Gasteiger partial charge in [0.05, 0.1) is 18.0 Å². The van der Waals surface area contributed by atoms with Crippen molar-refractivity contribution in [3.05, 3.63) is 43.0 Å². The molecule has 3 aromatic heterocycles. The van der Waals surface area contributed by atoms with E-state index >= 15 is 0 Å². The van der Waals surface area contributed by atoms with Crippen molar-refractivity contribution in [2.75, 3.05) is 18.0 Å². The molecule has 0 bridgehead atoms. The summed E-state index contributed by atoms with van der Waals surface area (Å²) in [4.78, 5) is 11.0. The lowest BCUT2D eigenvalue weighted by molar-refractivity contribution is 0.0236. The average molecular weight is 340 g/mol. The largest absolute Gasteiger partial charge is 0.388 e. The van der Waals surface area contributed by atoms with Crippen LogP contribution in [0.1, 0.15) is 18.7 Å². The van der Waals surface area contributed by atoms with Gasteiger partial charge in [0.15, 0.2) is 5.82 Å². The molecule has 1 saturated heterocycles. The van der Waals surface area contributed by atoms with Crippen LogP contribution in [0, 0.1) is 0 Å². The van der Waals surface area contributed by atoms with Crippen LogP contribution in [0.3, 0.4) is 0 Å². The summed E-state index contributed by atoms with van der Waals surface area (Å²) in [5.74, 6) is 2.18. The van der Waals surface area contributed by atoms with Gasteiger partial charge in [-0.2, -0.15) is 5.10 Å². The number of anilines is 1. The summed E-state index contributed by atoms with van der Waals surface area (Å²) in [7, 11) is 1.89. The Morgan fingerprint density at radius 3 is 2.92 bits per heavy atom. The third kappa shape index (κ3) is 3.22. The first kappa shape index (κ1) is 15.7. The summed E-state index contributed by atoms with van der Waals surface area (Å²) in [5, 5.41) is 23.2. The van der Waals surface area contributed by atoms with Gasteiger partial charge in [-0.3, -0.25) is 4.98 Å². The number of aromatic nitrogens is 7. The molecule has 1 unspecified atom stereocenters. The molecule has 0 aliphatic carbocycles. The molecule has 1 fully saturated rings. The highest BCUT2D eigenvalue weighted by Gasteiger charge is 2.35. The minimum Gasteiger partial charge on any atom is -0.388 e. The van der Waals surface area contributed by atoms with Crippen LogP contribution in [0.2, 0.25) is 0 Å². The second-order valence-corrected chi connectivity index (χ2v) is 6.47. The Bertz CT molecular complexity index is 845. The van der Waals surface area contributed by atoms with Gasteiger partial charge in [-0.1, -0.05) is 0 Å². The number of nitrogens with zero attached hydrogens (tertiary/aromatic N) is 8. The molecule has 1 atom stereocenters. The van der Waals surface area contributed by atoms with Crippen molar-refractivity contribution in [3.63, 3.8) is 0 Å². The van der Waals surface area contributed by atoms with Gasteiger partial charge in [-0.15, -0.1) is 10.2 Å². The quantitative estimate of drug-likeness (QED) is 0.732. The maximum absolute atomic E-state index is 11.1. The topological polar surface area (TPSA) is 97.8 Å². The Balaban J connectivity index is 1.55. The standard InChI is InChI=1S/C16H20N8O/c1-22-12-18-21-13(22)8-16(25)4-2-6-23(11-16)14-9-17-10-15(20-14)24-7-3-5-19-24/h3,5,7,9-10,12,25H,2,4,6,8,11H2,1H3. The minimum atomic E-state index is -0.859. The zero-order valence-corrected chi connectivity index (χ0v) is 14.0. The molecule has 0 saturated carbocycles. The van der Waals surface area contributed by atoms with E-state index in [4.69, 9.17) is 0 Å². The molecule has 0 aromatic carbocycles. The molecule has 9 nitrogen and oxygen atoms in total. The highest BCUT2D eigenvalue weighted by molar-refractivity contribution is 5.40. The second-order valence-electron chi connectivity index (χ2n) is 6.47. The average Bonchev–Trinajstić information content (AvgIpc) is 3.28. The highest BCUT2D eigenvalue weighted by Crippen LogP contribution is 2.27. The molecule has 1 aliphatic heterocycles. The predicted octanol–water partition coefficient (Wildman–Crippen LogP) is 0.365. The monoisotopic (exact) mass is 340 g/mol. The van der Waals surface area contributed by atoms with Crippen LogP contribution in [0.15, 0.2) is 37.2 Å². The van der Waals surface area contributed by atoms with Crippen LogP contribution in [-0.4, -0.2) is 58.3 Å². The van der Waals surface area contributed by atoms with Crippen molar-refractivity contribution in [2.45, 2.75) is 24.9 Å². The normalized spacial score (nSPS) is 20.8. The van der Waals surface area contributed by atoms with Crippen LogP contribution >= 0.6 is 0 Å². The third-order valence-electron chi connectivity index (χ3n) is 4.52. The first-order valence-electron chi connectivity index (χ1n) is 8.25. The summed E-state index contributed by atoms with van der Waals surface area (Å²) < 4.78 is 3.52. The fourth-order valence-corrected chi connectivity index (χ4v) is 3.23. The van der Waals surface area contributed by atoms with Gasteiger partial charge < -0.3 is 14.6 Å². The van der Waals surface area contributed by atoms with E-state index in [1.165, 1.54) is 0 Å². The van der Waals surface area contributed by atoms with Gasteiger partial charge in [0.2, 0.25) is 0 Å². The van der Waals surface area contributed by atoms with Crippen molar-refractivity contribution in [1.82, 2.24) is 34.5 Å². The van der Waals surface area contributed by atoms with Crippen LogP contribution in [0.5, 0.6) is 0 Å². The highest BCUT2D eigenvalue weighted by atomic mass is 16.3. The van der Waals surface area contributed by atoms with E-state index in [0.717, 1.165) is 31.0 Å². The fourth-order valence-electron chi connectivity index (χ4n) is 3.23. The summed E-state index contributed by atoms with van der Waals surface area (Å²) in [6, 6.07) is 1.84. The summed E-state index contributed by atoms with van der Waals surface area (Å²) >= 11 is 0. The van der Waals surface area contributed by atoms with Crippen molar-refractivity contribution in [3.8, 4) is 5.82 Å².